The quantitative estimate of drug-likeness (QED) is 0.821. The Morgan fingerprint density at radius 2 is 2.15 bits per heavy atom. The van der Waals surface area contributed by atoms with Gasteiger partial charge in [0.2, 0.25) is 0 Å². The predicted molar refractivity (Wildman–Crippen MR) is 94.9 cm³/mol. The average molecular weight is 356 g/mol. The molecule has 7 heteroatoms. The Balaban J connectivity index is 1.37. The summed E-state index contributed by atoms with van der Waals surface area (Å²) in [5.41, 5.74) is 0.553. The normalized spacial score (nSPS) is 25.2. The van der Waals surface area contributed by atoms with Gasteiger partial charge in [0.25, 0.3) is 5.91 Å². The lowest BCUT2D eigenvalue weighted by atomic mass is 10.0. The van der Waals surface area contributed by atoms with Crippen LogP contribution in [0.4, 0.5) is 0 Å². The first kappa shape index (κ1) is 17.0. The standard InChI is InChI=1S/C19H24N4O3/c1-23-11-21-22-18(23)12-8-13(16(24)9-12)10-20-19(25)15-4-2-3-5-17(15)26-14-6-7-14/h2-5,11-14,16,24H,6-10H2,1H3,(H,20,25)/t12-,13+,16+/m0/s1. The van der Waals surface area contributed by atoms with E-state index in [1.165, 1.54) is 0 Å². The summed E-state index contributed by atoms with van der Waals surface area (Å²) in [6, 6.07) is 7.33. The summed E-state index contributed by atoms with van der Waals surface area (Å²) >= 11 is 0. The van der Waals surface area contributed by atoms with Crippen LogP contribution in [0, 0.1) is 5.92 Å². The fourth-order valence-electron chi connectivity index (χ4n) is 3.64. The van der Waals surface area contributed by atoms with Crippen molar-refractivity contribution in [3.63, 3.8) is 0 Å². The van der Waals surface area contributed by atoms with Gasteiger partial charge in [0.1, 0.15) is 17.9 Å². The van der Waals surface area contributed by atoms with E-state index in [9.17, 15) is 9.90 Å². The van der Waals surface area contributed by atoms with Crippen LogP contribution in [0.15, 0.2) is 30.6 Å². The molecule has 0 unspecified atom stereocenters. The number of aromatic nitrogens is 3. The Kier molecular flexibility index (Phi) is 4.63. The fraction of sp³-hybridized carbons (Fsp3) is 0.526. The number of nitrogens with zero attached hydrogens (tertiary/aromatic N) is 3. The Bertz CT molecular complexity index is 787. The minimum Gasteiger partial charge on any atom is -0.490 e. The first-order valence-electron chi connectivity index (χ1n) is 9.17. The van der Waals surface area contributed by atoms with E-state index in [4.69, 9.17) is 4.74 Å². The van der Waals surface area contributed by atoms with Crippen molar-refractivity contribution in [1.82, 2.24) is 20.1 Å². The fourth-order valence-corrected chi connectivity index (χ4v) is 3.64. The lowest BCUT2D eigenvalue weighted by Crippen LogP contribution is -2.32. The minimum absolute atomic E-state index is 0.0113. The van der Waals surface area contributed by atoms with Crippen molar-refractivity contribution < 1.29 is 14.6 Å². The van der Waals surface area contributed by atoms with Crippen LogP contribution in [0.2, 0.25) is 0 Å². The van der Waals surface area contributed by atoms with Crippen LogP contribution in [0.25, 0.3) is 0 Å². The zero-order chi connectivity index (χ0) is 18.1. The Labute approximate surface area is 152 Å². The Morgan fingerprint density at radius 1 is 1.35 bits per heavy atom. The van der Waals surface area contributed by atoms with Crippen molar-refractivity contribution in [2.75, 3.05) is 6.54 Å². The number of hydrogen-bond acceptors (Lipinski definition) is 5. The van der Waals surface area contributed by atoms with Gasteiger partial charge in [-0.1, -0.05) is 12.1 Å². The second-order valence-electron chi connectivity index (χ2n) is 7.32. The molecular formula is C19H24N4O3. The summed E-state index contributed by atoms with van der Waals surface area (Å²) in [7, 11) is 1.91. The molecule has 2 aromatic rings. The van der Waals surface area contributed by atoms with Crippen LogP contribution in [0.3, 0.4) is 0 Å². The van der Waals surface area contributed by atoms with E-state index in [0.29, 0.717) is 24.3 Å². The number of benzene rings is 1. The molecule has 1 heterocycles. The largest absolute Gasteiger partial charge is 0.490 e. The highest BCUT2D eigenvalue weighted by molar-refractivity contribution is 5.96. The maximum absolute atomic E-state index is 12.6. The number of rotatable bonds is 6. The second-order valence-corrected chi connectivity index (χ2v) is 7.32. The van der Waals surface area contributed by atoms with E-state index in [2.05, 4.69) is 15.5 Å². The molecule has 3 atom stereocenters. The SMILES string of the molecule is Cn1cnnc1[C@H]1C[C@H](CNC(=O)c2ccccc2OC2CC2)[C@H](O)C1. The molecule has 2 fully saturated rings. The molecule has 2 saturated carbocycles. The molecule has 2 aliphatic carbocycles. The number of nitrogens with one attached hydrogen (secondary N) is 1. The van der Waals surface area contributed by atoms with E-state index >= 15 is 0 Å². The van der Waals surface area contributed by atoms with Crippen LogP contribution >= 0.6 is 0 Å². The average Bonchev–Trinajstić information content (AvgIpc) is 3.22. The Hall–Kier alpha value is -2.41. The summed E-state index contributed by atoms with van der Waals surface area (Å²) in [6.45, 7) is 0.437. The number of ether oxygens (including phenoxy) is 1. The van der Waals surface area contributed by atoms with Gasteiger partial charge in [-0.15, -0.1) is 10.2 Å². The third kappa shape index (κ3) is 3.58. The first-order valence-corrected chi connectivity index (χ1v) is 9.17. The molecule has 2 aliphatic rings. The molecular weight excluding hydrogens is 332 g/mol. The van der Waals surface area contributed by atoms with E-state index in [-0.39, 0.29) is 23.8 Å². The molecule has 2 N–H and O–H groups in total. The van der Waals surface area contributed by atoms with Gasteiger partial charge in [0, 0.05) is 25.4 Å². The van der Waals surface area contributed by atoms with Gasteiger partial charge >= 0.3 is 0 Å². The molecule has 0 radical (unpaired) electrons. The van der Waals surface area contributed by atoms with Gasteiger partial charge in [-0.2, -0.15) is 0 Å². The Morgan fingerprint density at radius 3 is 2.88 bits per heavy atom. The summed E-state index contributed by atoms with van der Waals surface area (Å²) in [5.74, 6) is 1.55. The molecule has 4 rings (SSSR count). The zero-order valence-electron chi connectivity index (χ0n) is 14.8. The monoisotopic (exact) mass is 356 g/mol. The minimum atomic E-state index is -0.449. The van der Waals surface area contributed by atoms with Crippen molar-refractivity contribution in [2.24, 2.45) is 13.0 Å². The third-order valence-electron chi connectivity index (χ3n) is 5.24. The number of hydrogen-bond donors (Lipinski definition) is 2. The van der Waals surface area contributed by atoms with Crippen molar-refractivity contribution in [1.29, 1.82) is 0 Å². The number of aryl methyl sites for hydroxylation is 1. The smallest absolute Gasteiger partial charge is 0.255 e. The van der Waals surface area contributed by atoms with Gasteiger partial charge < -0.3 is 19.7 Å². The highest BCUT2D eigenvalue weighted by atomic mass is 16.5. The molecule has 138 valence electrons. The summed E-state index contributed by atoms with van der Waals surface area (Å²) in [4.78, 5) is 12.6. The number of amides is 1. The molecule has 1 aromatic carbocycles. The van der Waals surface area contributed by atoms with Crippen LogP contribution in [0.1, 0.15) is 47.8 Å². The maximum atomic E-state index is 12.6. The summed E-state index contributed by atoms with van der Waals surface area (Å²) < 4.78 is 7.71. The van der Waals surface area contributed by atoms with Crippen molar-refractivity contribution in [3.8, 4) is 5.75 Å². The van der Waals surface area contributed by atoms with E-state index in [1.54, 1.807) is 12.4 Å². The van der Waals surface area contributed by atoms with Crippen molar-refractivity contribution >= 4 is 5.91 Å². The van der Waals surface area contributed by atoms with Gasteiger partial charge in [-0.05, 0) is 37.8 Å². The molecule has 0 saturated heterocycles. The molecule has 0 spiro atoms. The summed E-state index contributed by atoms with van der Waals surface area (Å²) in [5, 5.41) is 21.4. The molecule has 1 aromatic heterocycles. The molecule has 0 bridgehead atoms. The van der Waals surface area contributed by atoms with E-state index in [1.807, 2.05) is 29.8 Å². The van der Waals surface area contributed by atoms with Crippen LogP contribution in [-0.4, -0.2) is 44.5 Å². The lowest BCUT2D eigenvalue weighted by molar-refractivity contribution is 0.0912. The highest BCUT2D eigenvalue weighted by Crippen LogP contribution is 2.37. The third-order valence-corrected chi connectivity index (χ3v) is 5.24. The van der Waals surface area contributed by atoms with Gasteiger partial charge in [-0.3, -0.25) is 4.79 Å². The number of para-hydroxylation sites is 1. The topological polar surface area (TPSA) is 89.3 Å². The highest BCUT2D eigenvalue weighted by Gasteiger charge is 2.36. The molecule has 0 aliphatic heterocycles. The van der Waals surface area contributed by atoms with Crippen LogP contribution in [0.5, 0.6) is 5.75 Å². The zero-order valence-corrected chi connectivity index (χ0v) is 14.8. The van der Waals surface area contributed by atoms with Crippen molar-refractivity contribution in [3.05, 3.63) is 42.0 Å². The first-order chi connectivity index (χ1) is 12.6. The van der Waals surface area contributed by atoms with Crippen molar-refractivity contribution in [2.45, 2.75) is 43.8 Å². The molecule has 1 amide bonds. The van der Waals surface area contributed by atoms with Gasteiger partial charge in [0.05, 0.1) is 17.8 Å². The van der Waals surface area contributed by atoms with Gasteiger partial charge in [0.15, 0.2) is 0 Å². The predicted octanol–water partition coefficient (Wildman–Crippen LogP) is 1.64. The number of carbonyl (C=O) groups excluding carboxylic acids is 1. The second kappa shape index (κ2) is 7.07. The number of carbonyl (C=O) groups is 1. The maximum Gasteiger partial charge on any atom is 0.255 e. The van der Waals surface area contributed by atoms with Gasteiger partial charge in [-0.25, -0.2) is 0 Å². The number of aliphatic hydroxyl groups excluding tert-OH is 1. The summed E-state index contributed by atoms with van der Waals surface area (Å²) in [6.07, 6.45) is 5.00. The van der Waals surface area contributed by atoms with Crippen LogP contribution in [-0.2, 0) is 7.05 Å². The van der Waals surface area contributed by atoms with E-state index < -0.39 is 6.10 Å². The number of aliphatic hydroxyl groups is 1. The molecule has 26 heavy (non-hydrogen) atoms. The lowest BCUT2D eigenvalue weighted by Gasteiger charge is -2.16. The van der Waals surface area contributed by atoms with E-state index in [0.717, 1.165) is 25.1 Å². The molecule has 7 nitrogen and oxygen atoms in total. The van der Waals surface area contributed by atoms with Crippen LogP contribution < -0.4 is 10.1 Å².